The molecule has 2 amide bonds. The molecule has 4 aromatic rings. The van der Waals surface area contributed by atoms with Crippen molar-refractivity contribution in [1.29, 1.82) is 0 Å². The molecular weight excluding hydrogens is 551 g/mol. The minimum Gasteiger partial charge on any atom is -0.493 e. The molecule has 218 valence electrons. The van der Waals surface area contributed by atoms with Gasteiger partial charge in [0.1, 0.15) is 11.3 Å². The van der Waals surface area contributed by atoms with Crippen molar-refractivity contribution >= 4 is 28.4 Å². The summed E-state index contributed by atoms with van der Waals surface area (Å²) in [6, 6.07) is 16.2. The third-order valence-corrected chi connectivity index (χ3v) is 6.98. The third-order valence-electron chi connectivity index (χ3n) is 6.98. The maximum Gasteiger partial charge on any atom is 0.416 e. The van der Waals surface area contributed by atoms with Gasteiger partial charge in [-0.1, -0.05) is 18.2 Å². The first-order valence-electron chi connectivity index (χ1n) is 13.2. The number of nitrogens with zero attached hydrogens (tertiary/aromatic N) is 2. The number of ether oxygens (including phenoxy) is 3. The molecule has 0 saturated carbocycles. The van der Waals surface area contributed by atoms with Gasteiger partial charge in [0.25, 0.3) is 11.8 Å². The Bertz CT molecular complexity index is 1620. The summed E-state index contributed by atoms with van der Waals surface area (Å²) in [6.45, 7) is 2.23. The number of methoxy groups -OCH3 is 2. The predicted molar refractivity (Wildman–Crippen MR) is 150 cm³/mol. The van der Waals surface area contributed by atoms with Crippen LogP contribution in [-0.2, 0) is 6.18 Å². The molecule has 1 aliphatic heterocycles. The van der Waals surface area contributed by atoms with Gasteiger partial charge in [-0.2, -0.15) is 13.2 Å². The van der Waals surface area contributed by atoms with Crippen LogP contribution in [0.4, 0.5) is 18.9 Å². The lowest BCUT2D eigenvalue weighted by Gasteiger charge is -2.21. The Morgan fingerprint density at radius 3 is 2.29 bits per heavy atom. The lowest BCUT2D eigenvalue weighted by atomic mass is 10.1. The van der Waals surface area contributed by atoms with Gasteiger partial charge >= 0.3 is 6.18 Å². The van der Waals surface area contributed by atoms with E-state index in [1.165, 1.54) is 31.3 Å². The number of imide groups is 1. The van der Waals surface area contributed by atoms with E-state index in [-0.39, 0.29) is 41.6 Å². The van der Waals surface area contributed by atoms with E-state index in [2.05, 4.69) is 10.3 Å². The Hall–Kier alpha value is -4.80. The van der Waals surface area contributed by atoms with Gasteiger partial charge in [0.15, 0.2) is 11.5 Å². The van der Waals surface area contributed by atoms with Crippen LogP contribution in [-0.4, -0.2) is 48.5 Å². The van der Waals surface area contributed by atoms with Crippen LogP contribution < -0.4 is 19.5 Å². The van der Waals surface area contributed by atoms with E-state index in [0.717, 1.165) is 12.1 Å². The molecule has 5 rings (SSSR count). The highest BCUT2D eigenvalue weighted by Crippen LogP contribution is 2.43. The van der Waals surface area contributed by atoms with Crippen molar-refractivity contribution in [1.82, 2.24) is 9.88 Å². The number of fused-ring (bicyclic) bond motifs is 2. The number of hydrogen-bond donors (Lipinski definition) is 1. The number of amides is 2. The zero-order valence-electron chi connectivity index (χ0n) is 23.1. The van der Waals surface area contributed by atoms with Crippen molar-refractivity contribution in [2.24, 2.45) is 0 Å². The highest BCUT2D eigenvalue weighted by molar-refractivity contribution is 6.21. The van der Waals surface area contributed by atoms with Gasteiger partial charge in [-0.3, -0.25) is 14.5 Å². The molecule has 1 unspecified atom stereocenters. The molecular formula is C31H28F3N3O5. The number of carbonyl (C=O) groups is 2. The minimum absolute atomic E-state index is 0.0116. The second kappa shape index (κ2) is 11.6. The van der Waals surface area contributed by atoms with Crippen LogP contribution in [0.3, 0.4) is 0 Å². The molecule has 0 saturated heterocycles. The average molecular weight is 580 g/mol. The first kappa shape index (κ1) is 28.7. The van der Waals surface area contributed by atoms with Gasteiger partial charge in [-0.05, 0) is 56.2 Å². The van der Waals surface area contributed by atoms with Gasteiger partial charge in [-0.25, -0.2) is 4.98 Å². The van der Waals surface area contributed by atoms with Crippen LogP contribution in [0.1, 0.15) is 46.0 Å². The molecule has 11 heteroatoms. The zero-order chi connectivity index (χ0) is 30.0. The summed E-state index contributed by atoms with van der Waals surface area (Å²) in [6.07, 6.45) is -3.35. The summed E-state index contributed by atoms with van der Waals surface area (Å²) in [5.74, 6) is 0.221. The van der Waals surface area contributed by atoms with Gasteiger partial charge in [0, 0.05) is 30.1 Å². The molecule has 0 aliphatic carbocycles. The van der Waals surface area contributed by atoms with Crippen LogP contribution in [0.5, 0.6) is 23.1 Å². The number of benzene rings is 3. The monoisotopic (exact) mass is 579 g/mol. The van der Waals surface area contributed by atoms with E-state index in [9.17, 15) is 22.8 Å². The fraction of sp³-hybridized carbons (Fsp3) is 0.258. The van der Waals surface area contributed by atoms with Crippen molar-refractivity contribution < 1.29 is 37.0 Å². The fourth-order valence-electron chi connectivity index (χ4n) is 4.90. The molecule has 2 heterocycles. The van der Waals surface area contributed by atoms with Crippen LogP contribution in [0.2, 0.25) is 0 Å². The van der Waals surface area contributed by atoms with E-state index in [0.29, 0.717) is 46.4 Å². The molecule has 0 spiro atoms. The molecule has 1 aromatic heterocycles. The van der Waals surface area contributed by atoms with Gasteiger partial charge < -0.3 is 19.5 Å². The number of halogens is 3. The predicted octanol–water partition coefficient (Wildman–Crippen LogP) is 6.94. The van der Waals surface area contributed by atoms with Crippen molar-refractivity contribution in [3.8, 4) is 23.1 Å². The van der Waals surface area contributed by atoms with E-state index in [1.54, 1.807) is 42.5 Å². The quantitative estimate of drug-likeness (QED) is 0.204. The molecule has 1 aliphatic rings. The lowest BCUT2D eigenvalue weighted by Crippen LogP contribution is -2.31. The molecule has 1 atom stereocenters. The van der Waals surface area contributed by atoms with E-state index in [1.807, 2.05) is 6.92 Å². The van der Waals surface area contributed by atoms with E-state index >= 15 is 0 Å². The number of hydrogen-bond acceptors (Lipinski definition) is 7. The van der Waals surface area contributed by atoms with Crippen LogP contribution in [0, 0.1) is 0 Å². The maximum absolute atomic E-state index is 13.3. The smallest absolute Gasteiger partial charge is 0.416 e. The maximum atomic E-state index is 13.3. The van der Waals surface area contributed by atoms with Crippen molar-refractivity contribution in [2.75, 3.05) is 26.1 Å². The Morgan fingerprint density at radius 1 is 0.929 bits per heavy atom. The first-order valence-corrected chi connectivity index (χ1v) is 13.2. The fourth-order valence-corrected chi connectivity index (χ4v) is 4.90. The topological polar surface area (TPSA) is 90.0 Å². The lowest BCUT2D eigenvalue weighted by molar-refractivity contribution is -0.137. The van der Waals surface area contributed by atoms with Crippen LogP contribution in [0.15, 0.2) is 66.7 Å². The number of nitrogens with one attached hydrogen (secondary N) is 1. The molecule has 0 radical (unpaired) electrons. The van der Waals surface area contributed by atoms with E-state index < -0.39 is 11.7 Å². The minimum atomic E-state index is -4.52. The second-order valence-electron chi connectivity index (χ2n) is 9.83. The number of anilines is 1. The molecule has 0 bridgehead atoms. The number of carbonyl (C=O) groups excluding carboxylic acids is 2. The Balaban J connectivity index is 1.37. The molecule has 0 fully saturated rings. The standard InChI is InChI=1S/C31H28F3N3O5/c1-18(8-7-15-37-29(38)21-11-4-5-12-22(21)30(37)39)35-24-17-25(40-2)28(23-13-14-26(41-3)36-27(23)24)42-20-10-6-9-19(16-20)31(32,33)34/h4-6,9-14,16-18,35H,7-8,15H2,1-3H3. The molecule has 8 nitrogen and oxygen atoms in total. The van der Waals surface area contributed by atoms with Crippen molar-refractivity contribution in [3.63, 3.8) is 0 Å². The Morgan fingerprint density at radius 2 is 1.64 bits per heavy atom. The molecule has 1 N–H and O–H groups in total. The summed E-state index contributed by atoms with van der Waals surface area (Å²) in [5.41, 5.74) is 1.05. The van der Waals surface area contributed by atoms with Gasteiger partial charge in [0.05, 0.1) is 36.6 Å². The molecule has 42 heavy (non-hydrogen) atoms. The third kappa shape index (κ3) is 5.67. The summed E-state index contributed by atoms with van der Waals surface area (Å²) in [4.78, 5) is 31.2. The average Bonchev–Trinajstić information content (AvgIpc) is 3.22. The van der Waals surface area contributed by atoms with Crippen molar-refractivity contribution in [2.45, 2.75) is 32.0 Å². The normalized spacial score (nSPS) is 13.7. The largest absolute Gasteiger partial charge is 0.493 e. The van der Waals surface area contributed by atoms with Gasteiger partial charge in [-0.15, -0.1) is 0 Å². The number of aromatic nitrogens is 1. The summed E-state index contributed by atoms with van der Waals surface area (Å²) in [7, 11) is 2.92. The SMILES string of the molecule is COc1ccc2c(Oc3cccc(C(F)(F)F)c3)c(OC)cc(NC(C)CCCN3C(=O)c4ccccc4C3=O)c2n1. The first-order chi connectivity index (χ1) is 20.1. The molecule has 3 aromatic carbocycles. The highest BCUT2D eigenvalue weighted by atomic mass is 19.4. The number of alkyl halides is 3. The summed E-state index contributed by atoms with van der Waals surface area (Å²) >= 11 is 0. The van der Waals surface area contributed by atoms with Crippen molar-refractivity contribution in [3.05, 3.63) is 83.4 Å². The van der Waals surface area contributed by atoms with Gasteiger partial charge in [0.2, 0.25) is 5.88 Å². The Kier molecular flexibility index (Phi) is 7.93. The number of pyridine rings is 1. The van der Waals surface area contributed by atoms with E-state index in [4.69, 9.17) is 14.2 Å². The summed E-state index contributed by atoms with van der Waals surface area (Å²) in [5, 5.41) is 3.90. The Labute approximate surface area is 240 Å². The highest BCUT2D eigenvalue weighted by Gasteiger charge is 2.34. The number of rotatable bonds is 10. The second-order valence-corrected chi connectivity index (χ2v) is 9.83. The summed E-state index contributed by atoms with van der Waals surface area (Å²) < 4.78 is 56.7. The zero-order valence-corrected chi connectivity index (χ0v) is 23.1. The van der Waals surface area contributed by atoms with Crippen LogP contribution in [0.25, 0.3) is 10.9 Å². The van der Waals surface area contributed by atoms with Crippen LogP contribution >= 0.6 is 0 Å².